The number of hydrogen-bond acceptors (Lipinski definition) is 18. The van der Waals surface area contributed by atoms with Gasteiger partial charge in [0.2, 0.25) is 59.1 Å². The van der Waals surface area contributed by atoms with E-state index >= 15 is 0 Å². The largest absolute Gasteiger partial charge is 0.394 e. The zero-order valence-corrected chi connectivity index (χ0v) is 52.6. The molecule has 30 heteroatoms. The average molecular weight is 1280 g/mol. The SMILES string of the molecule is C/C=C1/NC(=O)[C@H](CO)NC(=O)[C@@H]([C@@H](C)CC)NC(=O)[C@@H]2CCCN2C(=O)[C@@H]2CCCN2C(=O)CNC(=O)[C@H](CCC(N)=O)NC(=O)C(O)C(CC(O)CC(O)C(O)CC(C)C)NC(=O)[C@@H]2CCCN2C(=O)C(CCc2ccccc2)NC(=O)[C@H]([C@@H](C)O)NC1=O. The number of primary amides is 1. The number of nitrogens with two attached hydrogens (primary N) is 1. The maximum Gasteiger partial charge on any atom is 0.268 e. The number of nitrogens with one attached hydrogen (secondary N) is 8. The Labute approximate surface area is 529 Å². The molecule has 4 fully saturated rings. The molecule has 15 atom stereocenters. The molecule has 12 amide bonds. The molecule has 4 saturated heterocycles. The number of aryl methyl sites for hydroxylation is 1. The standard InChI is InChI=1S/C61H94N12O18/c1-7-33(5)49-57(87)68-41(31-74)54(84)64-37(8-2)53(83)70-50(34(6)75)58(88)66-39(21-20-35-15-10-9-11-16-35)60(90)72-25-12-17-42(72)55(85)67-40(28-36(76)29-46(78)45(77)27-32(3)4)51(81)59(89)65-38(22-23-47(62)79)52(82)63-30-48(80)71-24-14-19-44(71)61(91)73-26-13-18-43(73)56(86)69-49/h8-11,15-16,32-34,36,38-46,49-51,74-78,81H,7,12-14,17-31H2,1-6H3,(H2,62,79)(H,63,82)(H,64,84)(H,65,89)(H,66,88)(H,67,85)(H,68,87)(H,69,86)(H,70,83)/b37-8+/t33-,34+,36?,38-,39?,40?,41-,42-,43-,44-,45?,46?,49+,50-,51?/m0/s1. The van der Waals surface area contributed by atoms with Crippen LogP contribution in [0.3, 0.4) is 0 Å². The van der Waals surface area contributed by atoms with Gasteiger partial charge >= 0.3 is 0 Å². The molecule has 0 saturated carbocycles. The van der Waals surface area contributed by atoms with E-state index in [4.69, 9.17) is 5.73 Å². The fourth-order valence-electron chi connectivity index (χ4n) is 11.7. The van der Waals surface area contributed by atoms with Crippen LogP contribution in [0.5, 0.6) is 0 Å². The first-order chi connectivity index (χ1) is 43.1. The first-order valence-corrected chi connectivity index (χ1v) is 31.4. The zero-order valence-electron chi connectivity index (χ0n) is 52.6. The van der Waals surface area contributed by atoms with Crippen molar-refractivity contribution in [1.82, 2.24) is 57.2 Å². The number of nitrogens with zero attached hydrogens (tertiary/aromatic N) is 3. The molecule has 0 aliphatic carbocycles. The molecular formula is C61H94N12O18. The Hall–Kier alpha value is -7.64. The highest BCUT2D eigenvalue weighted by Gasteiger charge is 2.45. The first-order valence-electron chi connectivity index (χ1n) is 31.4. The second kappa shape index (κ2) is 35.3. The van der Waals surface area contributed by atoms with Crippen LogP contribution in [0.15, 0.2) is 42.1 Å². The van der Waals surface area contributed by atoms with Crippen LogP contribution in [0, 0.1) is 11.8 Å². The molecule has 1 aromatic rings. The maximum atomic E-state index is 14.9. The topological polar surface area (TPSA) is 458 Å². The maximum absolute atomic E-state index is 14.9. The molecule has 0 radical (unpaired) electrons. The molecule has 0 aromatic heterocycles. The summed E-state index contributed by atoms with van der Waals surface area (Å²) in [5, 5.41) is 85.9. The summed E-state index contributed by atoms with van der Waals surface area (Å²) < 4.78 is 0. The van der Waals surface area contributed by atoms with Crippen molar-refractivity contribution in [3.63, 3.8) is 0 Å². The molecule has 30 nitrogen and oxygen atoms in total. The van der Waals surface area contributed by atoms with E-state index in [1.807, 2.05) is 0 Å². The van der Waals surface area contributed by atoms with Crippen molar-refractivity contribution in [1.29, 1.82) is 0 Å². The van der Waals surface area contributed by atoms with Gasteiger partial charge in [0.15, 0.2) is 6.10 Å². The van der Waals surface area contributed by atoms with Gasteiger partial charge in [-0.3, -0.25) is 57.5 Å². The van der Waals surface area contributed by atoms with E-state index in [0.717, 1.165) is 16.5 Å². The van der Waals surface area contributed by atoms with E-state index in [9.17, 15) is 88.2 Å². The van der Waals surface area contributed by atoms with Gasteiger partial charge in [0.1, 0.15) is 54.0 Å². The Morgan fingerprint density at radius 2 is 1.20 bits per heavy atom. The van der Waals surface area contributed by atoms with Crippen LogP contribution in [0.1, 0.15) is 131 Å². The number of carbonyl (C=O) groups is 12. The van der Waals surface area contributed by atoms with Crippen molar-refractivity contribution < 1.29 is 88.2 Å². The monoisotopic (exact) mass is 1280 g/mol. The summed E-state index contributed by atoms with van der Waals surface area (Å²) in [4.78, 5) is 172. The Kier molecular flexibility index (Phi) is 28.7. The first kappa shape index (κ1) is 74.1. The van der Waals surface area contributed by atoms with Crippen molar-refractivity contribution in [3.8, 4) is 0 Å². The van der Waals surface area contributed by atoms with Gasteiger partial charge in [-0.1, -0.05) is 70.5 Å². The predicted octanol–water partition coefficient (Wildman–Crippen LogP) is -4.39. The van der Waals surface area contributed by atoms with Gasteiger partial charge in [-0.05, 0) is 102 Å². The van der Waals surface area contributed by atoms with Crippen molar-refractivity contribution >= 4 is 70.9 Å². The number of rotatable bonds is 17. The average Bonchev–Trinajstić information content (AvgIpc) is 1.79. The normalized spacial score (nSPS) is 28.4. The summed E-state index contributed by atoms with van der Waals surface area (Å²) in [6.07, 6.45) is -7.72. The van der Waals surface area contributed by atoms with Gasteiger partial charge in [0, 0.05) is 32.5 Å². The van der Waals surface area contributed by atoms with Gasteiger partial charge in [-0.15, -0.1) is 0 Å². The number of benzene rings is 1. The summed E-state index contributed by atoms with van der Waals surface area (Å²) in [5.74, 6) is -12.0. The summed E-state index contributed by atoms with van der Waals surface area (Å²) in [6, 6.07) is -4.63. The lowest BCUT2D eigenvalue weighted by Crippen LogP contribution is -2.61. The minimum atomic E-state index is -2.33. The van der Waals surface area contributed by atoms with Crippen LogP contribution in [-0.2, 0) is 64.0 Å². The summed E-state index contributed by atoms with van der Waals surface area (Å²) in [5.41, 5.74) is 5.67. The molecule has 4 aliphatic rings. The van der Waals surface area contributed by atoms with Crippen LogP contribution in [0.4, 0.5) is 0 Å². The molecule has 4 heterocycles. The van der Waals surface area contributed by atoms with Crippen molar-refractivity contribution in [2.75, 3.05) is 32.8 Å². The molecule has 506 valence electrons. The third-order valence-corrected chi connectivity index (χ3v) is 17.1. The second-order valence-electron chi connectivity index (χ2n) is 24.4. The van der Waals surface area contributed by atoms with Crippen LogP contribution >= 0.6 is 0 Å². The van der Waals surface area contributed by atoms with Crippen molar-refractivity contribution in [3.05, 3.63) is 47.7 Å². The number of aliphatic hydroxyl groups excluding tert-OH is 6. The Balaban J connectivity index is 1.54. The second-order valence-corrected chi connectivity index (χ2v) is 24.4. The van der Waals surface area contributed by atoms with Crippen LogP contribution in [0.2, 0.25) is 0 Å². The van der Waals surface area contributed by atoms with Gasteiger partial charge in [-0.25, -0.2) is 0 Å². The number of carbonyl (C=O) groups excluding carboxylic acids is 12. The molecular weight excluding hydrogens is 1190 g/mol. The minimum absolute atomic E-state index is 0.00613. The number of fused-ring (bicyclic) bond motifs is 3. The highest BCUT2D eigenvalue weighted by Crippen LogP contribution is 2.27. The van der Waals surface area contributed by atoms with E-state index in [1.54, 1.807) is 58.0 Å². The van der Waals surface area contributed by atoms with Crippen LogP contribution in [0.25, 0.3) is 0 Å². The molecule has 5 rings (SSSR count). The van der Waals surface area contributed by atoms with E-state index in [0.29, 0.717) is 19.3 Å². The zero-order chi connectivity index (χ0) is 67.4. The van der Waals surface area contributed by atoms with Crippen molar-refractivity contribution in [2.45, 2.75) is 216 Å². The van der Waals surface area contributed by atoms with Gasteiger partial charge in [-0.2, -0.15) is 0 Å². The lowest BCUT2D eigenvalue weighted by Gasteiger charge is -2.33. The summed E-state index contributed by atoms with van der Waals surface area (Å²) >= 11 is 0. The van der Waals surface area contributed by atoms with E-state index < -0.39 is 206 Å². The summed E-state index contributed by atoms with van der Waals surface area (Å²) in [7, 11) is 0. The van der Waals surface area contributed by atoms with E-state index in [2.05, 4.69) is 42.5 Å². The number of hydrogen-bond donors (Lipinski definition) is 15. The smallest absolute Gasteiger partial charge is 0.268 e. The number of aliphatic hydroxyl groups is 6. The fourth-order valence-corrected chi connectivity index (χ4v) is 11.7. The molecule has 1 aromatic carbocycles. The molecule has 6 unspecified atom stereocenters. The Bertz CT molecular complexity index is 2770. The number of allylic oxidation sites excluding steroid dienone is 1. The van der Waals surface area contributed by atoms with E-state index in [-0.39, 0.29) is 70.5 Å². The van der Waals surface area contributed by atoms with Crippen LogP contribution in [-0.4, -0.2) is 234 Å². The number of amides is 12. The molecule has 91 heavy (non-hydrogen) atoms. The Morgan fingerprint density at radius 1 is 0.637 bits per heavy atom. The predicted molar refractivity (Wildman–Crippen MR) is 325 cm³/mol. The van der Waals surface area contributed by atoms with Crippen LogP contribution < -0.4 is 48.3 Å². The fraction of sp³-hybridized carbons (Fsp3) is 0.672. The summed E-state index contributed by atoms with van der Waals surface area (Å²) in [6.45, 7) is 7.81. The van der Waals surface area contributed by atoms with Gasteiger partial charge in [0.25, 0.3) is 11.8 Å². The molecule has 0 bridgehead atoms. The molecule has 0 spiro atoms. The van der Waals surface area contributed by atoms with E-state index in [1.165, 1.54) is 23.6 Å². The lowest BCUT2D eigenvalue weighted by atomic mass is 9.94. The quantitative estimate of drug-likeness (QED) is 0.0655. The third-order valence-electron chi connectivity index (χ3n) is 17.1. The Morgan fingerprint density at radius 3 is 1.78 bits per heavy atom. The van der Waals surface area contributed by atoms with Crippen molar-refractivity contribution in [2.24, 2.45) is 17.6 Å². The molecule has 16 N–H and O–H groups in total. The highest BCUT2D eigenvalue weighted by molar-refractivity contribution is 6.03. The third kappa shape index (κ3) is 20.9. The van der Waals surface area contributed by atoms with Gasteiger partial charge < -0.3 is 93.6 Å². The van der Waals surface area contributed by atoms with Gasteiger partial charge in [0.05, 0.1) is 43.6 Å². The molecule has 4 aliphatic heterocycles. The highest BCUT2D eigenvalue weighted by atomic mass is 16.3. The minimum Gasteiger partial charge on any atom is -0.394 e. The lowest BCUT2D eigenvalue weighted by molar-refractivity contribution is -0.147.